The number of hydrogen-bond acceptors (Lipinski definition) is 4. The second kappa shape index (κ2) is 6.11. The largest absolute Gasteiger partial charge is 0.468 e. The first kappa shape index (κ1) is 18.3. The van der Waals surface area contributed by atoms with Gasteiger partial charge in [0.25, 0.3) is 0 Å². The second-order valence-electron chi connectivity index (χ2n) is 4.70. The Hall–Kier alpha value is -2.04. The van der Waals surface area contributed by atoms with Crippen LogP contribution in [-0.4, -0.2) is 19.2 Å². The molecule has 2 aromatic rings. The van der Waals surface area contributed by atoms with Gasteiger partial charge in [-0.3, -0.25) is 0 Å². The highest BCUT2D eigenvalue weighted by Crippen LogP contribution is 2.39. The quantitative estimate of drug-likeness (QED) is 0.767. The molecule has 2 rings (SSSR count). The van der Waals surface area contributed by atoms with E-state index < -0.39 is 44.6 Å². The van der Waals surface area contributed by atoms with Crippen molar-refractivity contribution in [3.63, 3.8) is 0 Å². The molecule has 24 heavy (non-hydrogen) atoms. The first-order valence-electron chi connectivity index (χ1n) is 6.33. The molecule has 0 spiro atoms. The van der Waals surface area contributed by atoms with E-state index in [0.717, 1.165) is 0 Å². The van der Waals surface area contributed by atoms with Gasteiger partial charge in [-0.2, -0.15) is 31.3 Å². The van der Waals surface area contributed by atoms with E-state index in [-0.39, 0.29) is 6.42 Å². The van der Waals surface area contributed by atoms with Gasteiger partial charge in [0.05, 0.1) is 5.75 Å². The fourth-order valence-corrected chi connectivity index (χ4v) is 3.17. The molecule has 0 fully saturated rings. The van der Waals surface area contributed by atoms with Crippen LogP contribution in [-0.2, 0) is 28.6 Å². The summed E-state index contributed by atoms with van der Waals surface area (Å²) in [7, 11) is -4.74. The number of aromatic nitrogens is 1. The maximum atomic E-state index is 12.8. The number of rotatable bonds is 4. The molecule has 0 aliphatic heterocycles. The van der Waals surface area contributed by atoms with Crippen LogP contribution in [0.3, 0.4) is 0 Å². The molecule has 0 amide bonds. The lowest BCUT2D eigenvalue weighted by atomic mass is 10.2. The molecule has 0 bridgehead atoms. The Kier molecular flexibility index (Phi) is 4.66. The van der Waals surface area contributed by atoms with E-state index in [0.29, 0.717) is 5.56 Å². The van der Waals surface area contributed by atoms with E-state index in [1.165, 1.54) is 12.1 Å². The van der Waals surface area contributed by atoms with Crippen LogP contribution >= 0.6 is 0 Å². The molecule has 0 N–H and O–H groups in total. The number of hydrogen-bond donors (Lipinski definition) is 0. The second-order valence-corrected chi connectivity index (χ2v) is 6.73. The standard InChI is InChI=1S/C13H9F6NO3S/c14-12(15,16)9-10(20-11(23-9)13(17,18)19)24(21,22)7-6-8-4-2-1-3-5-8/h1-5H,6-7H2. The van der Waals surface area contributed by atoms with E-state index in [9.17, 15) is 34.8 Å². The number of alkyl halides is 6. The summed E-state index contributed by atoms with van der Waals surface area (Å²) in [6, 6.07) is 7.88. The van der Waals surface area contributed by atoms with E-state index in [1.807, 2.05) is 0 Å². The molecule has 0 radical (unpaired) electrons. The Bertz CT molecular complexity index is 808. The molecule has 1 aromatic carbocycles. The van der Waals surface area contributed by atoms with Crippen LogP contribution < -0.4 is 0 Å². The van der Waals surface area contributed by atoms with Crippen molar-refractivity contribution in [2.75, 3.05) is 5.75 Å². The third kappa shape index (κ3) is 4.08. The lowest BCUT2D eigenvalue weighted by molar-refractivity contribution is -0.173. The summed E-state index contributed by atoms with van der Waals surface area (Å²) in [6.45, 7) is 0. The molecular weight excluding hydrogens is 364 g/mol. The molecular formula is C13H9F6NO3S. The Balaban J connectivity index is 2.40. The Morgan fingerprint density at radius 2 is 1.54 bits per heavy atom. The van der Waals surface area contributed by atoms with Crippen LogP contribution in [0.4, 0.5) is 26.3 Å². The van der Waals surface area contributed by atoms with Gasteiger partial charge in [0.2, 0.25) is 10.8 Å². The molecule has 4 nitrogen and oxygen atoms in total. The average molecular weight is 373 g/mol. The number of sulfone groups is 1. The van der Waals surface area contributed by atoms with Crippen molar-refractivity contribution in [3.05, 3.63) is 47.5 Å². The number of aryl methyl sites for hydroxylation is 1. The van der Waals surface area contributed by atoms with Gasteiger partial charge in [-0.05, 0) is 12.0 Å². The molecule has 0 atom stereocenters. The minimum Gasteiger partial charge on any atom is -0.427 e. The third-order valence-electron chi connectivity index (χ3n) is 2.89. The summed E-state index contributed by atoms with van der Waals surface area (Å²) in [5, 5.41) is -1.75. The van der Waals surface area contributed by atoms with Gasteiger partial charge >= 0.3 is 18.2 Å². The van der Waals surface area contributed by atoms with Crippen molar-refractivity contribution >= 4 is 9.84 Å². The first-order chi connectivity index (χ1) is 10.9. The van der Waals surface area contributed by atoms with Crippen LogP contribution in [0.1, 0.15) is 17.2 Å². The number of halogens is 6. The molecule has 11 heteroatoms. The first-order valence-corrected chi connectivity index (χ1v) is 7.98. The van der Waals surface area contributed by atoms with E-state index in [1.54, 1.807) is 18.2 Å². The topological polar surface area (TPSA) is 60.2 Å². The highest BCUT2D eigenvalue weighted by molar-refractivity contribution is 7.91. The van der Waals surface area contributed by atoms with E-state index >= 15 is 0 Å². The Morgan fingerprint density at radius 1 is 0.958 bits per heavy atom. The SMILES string of the molecule is O=S(=O)(CCc1ccccc1)c1nc(C(F)(F)F)oc1C(F)(F)F. The maximum absolute atomic E-state index is 12.8. The fraction of sp³-hybridized carbons (Fsp3) is 0.308. The summed E-state index contributed by atoms with van der Waals surface area (Å²) >= 11 is 0. The minimum atomic E-state index is -5.42. The zero-order valence-electron chi connectivity index (χ0n) is 11.6. The van der Waals surface area contributed by atoms with Gasteiger partial charge < -0.3 is 4.42 Å². The zero-order valence-corrected chi connectivity index (χ0v) is 12.5. The predicted octanol–water partition coefficient (Wildman–Crippen LogP) is 3.73. The minimum absolute atomic E-state index is 0.186. The van der Waals surface area contributed by atoms with Crippen molar-refractivity contribution in [2.45, 2.75) is 23.8 Å². The van der Waals surface area contributed by atoms with Crippen LogP contribution in [0, 0.1) is 0 Å². The normalized spacial score (nSPS) is 13.2. The van der Waals surface area contributed by atoms with Crippen molar-refractivity contribution in [3.8, 4) is 0 Å². The summed E-state index contributed by atoms with van der Waals surface area (Å²) < 4.78 is 103. The molecule has 132 valence electrons. The Labute approximate surface area is 132 Å². The zero-order chi connectivity index (χ0) is 18.2. The molecule has 0 unspecified atom stereocenters. The molecule has 0 saturated heterocycles. The van der Waals surface area contributed by atoms with Crippen LogP contribution in [0.5, 0.6) is 0 Å². The van der Waals surface area contributed by atoms with Crippen LogP contribution in [0.25, 0.3) is 0 Å². The third-order valence-corrected chi connectivity index (χ3v) is 4.50. The van der Waals surface area contributed by atoms with Gasteiger partial charge in [-0.25, -0.2) is 8.42 Å². The molecule has 0 aliphatic carbocycles. The van der Waals surface area contributed by atoms with Crippen molar-refractivity contribution in [1.29, 1.82) is 0 Å². The smallest absolute Gasteiger partial charge is 0.427 e. The average Bonchev–Trinajstić information content (AvgIpc) is 2.92. The molecule has 1 heterocycles. The summed E-state index contributed by atoms with van der Waals surface area (Å²) in [5.41, 5.74) is 0.495. The fourth-order valence-electron chi connectivity index (χ4n) is 1.81. The number of oxazole rings is 1. The van der Waals surface area contributed by atoms with Crippen molar-refractivity contribution in [1.82, 2.24) is 4.98 Å². The van der Waals surface area contributed by atoms with Gasteiger partial charge in [0, 0.05) is 0 Å². The van der Waals surface area contributed by atoms with E-state index in [4.69, 9.17) is 0 Å². The monoisotopic (exact) mass is 373 g/mol. The molecule has 0 saturated carbocycles. The van der Waals surface area contributed by atoms with E-state index in [2.05, 4.69) is 9.40 Å². The summed E-state index contributed by atoms with van der Waals surface area (Å²) in [6.07, 6.45) is -11.0. The van der Waals surface area contributed by atoms with Crippen molar-refractivity contribution in [2.24, 2.45) is 0 Å². The highest BCUT2D eigenvalue weighted by Gasteiger charge is 2.48. The maximum Gasteiger partial charge on any atom is 0.468 e. The van der Waals surface area contributed by atoms with Gasteiger partial charge in [0.1, 0.15) is 0 Å². The van der Waals surface area contributed by atoms with Gasteiger partial charge in [-0.15, -0.1) is 0 Å². The molecule has 0 aliphatic rings. The lowest BCUT2D eigenvalue weighted by Gasteiger charge is -2.06. The number of benzene rings is 1. The Morgan fingerprint density at radius 3 is 2.04 bits per heavy atom. The lowest BCUT2D eigenvalue weighted by Crippen LogP contribution is -2.16. The van der Waals surface area contributed by atoms with Crippen LogP contribution in [0.15, 0.2) is 39.8 Å². The van der Waals surface area contributed by atoms with Crippen LogP contribution in [0.2, 0.25) is 0 Å². The predicted molar refractivity (Wildman–Crippen MR) is 68.7 cm³/mol. The summed E-state index contributed by atoms with van der Waals surface area (Å²) in [4.78, 5) is 2.53. The van der Waals surface area contributed by atoms with Crippen molar-refractivity contribution < 1.29 is 39.2 Å². The molecule has 1 aromatic heterocycles. The highest BCUT2D eigenvalue weighted by atomic mass is 32.2. The van der Waals surface area contributed by atoms with Gasteiger partial charge in [0.15, 0.2) is 9.84 Å². The van der Waals surface area contributed by atoms with Gasteiger partial charge in [-0.1, -0.05) is 30.3 Å². The summed E-state index contributed by atoms with van der Waals surface area (Å²) in [5.74, 6) is -5.37. The number of nitrogens with zero attached hydrogens (tertiary/aromatic N) is 1.